The van der Waals surface area contributed by atoms with Gasteiger partial charge in [-0.2, -0.15) is 5.26 Å². The molecule has 18 heavy (non-hydrogen) atoms. The number of carbonyl (C=O) groups excluding carboxylic acids is 2. The van der Waals surface area contributed by atoms with Gasteiger partial charge in [0.15, 0.2) is 0 Å². The van der Waals surface area contributed by atoms with E-state index in [4.69, 9.17) is 16.7 Å². The van der Waals surface area contributed by atoms with Crippen LogP contribution >= 0.6 is 0 Å². The van der Waals surface area contributed by atoms with Gasteiger partial charge < -0.3 is 16.8 Å². The second-order valence-electron chi connectivity index (χ2n) is 3.82. The molecule has 0 fully saturated rings. The lowest BCUT2D eigenvalue weighted by Crippen LogP contribution is -2.43. The third-order valence-electron chi connectivity index (χ3n) is 2.36. The van der Waals surface area contributed by atoms with Crippen LogP contribution in [0.3, 0.4) is 0 Å². The third-order valence-corrected chi connectivity index (χ3v) is 2.36. The van der Waals surface area contributed by atoms with Crippen LogP contribution in [0.5, 0.6) is 0 Å². The fourth-order valence-electron chi connectivity index (χ4n) is 1.47. The minimum absolute atomic E-state index is 0.146. The molecule has 0 spiro atoms. The van der Waals surface area contributed by atoms with Crippen LogP contribution in [-0.4, -0.2) is 17.9 Å². The summed E-state index contributed by atoms with van der Waals surface area (Å²) in [5.74, 6) is -1.23. The van der Waals surface area contributed by atoms with Gasteiger partial charge in [-0.25, -0.2) is 0 Å². The number of hydrogen-bond donors (Lipinski definition) is 3. The van der Waals surface area contributed by atoms with Crippen molar-refractivity contribution in [3.8, 4) is 6.07 Å². The predicted molar refractivity (Wildman–Crippen MR) is 64.8 cm³/mol. The van der Waals surface area contributed by atoms with E-state index in [0.717, 1.165) is 5.56 Å². The van der Waals surface area contributed by atoms with Gasteiger partial charge >= 0.3 is 0 Å². The molecular formula is C12H14N4O2. The number of carbonyl (C=O) groups is 2. The van der Waals surface area contributed by atoms with Crippen molar-refractivity contribution in [2.24, 2.45) is 11.5 Å². The molecule has 0 saturated carbocycles. The number of rotatable bonds is 6. The monoisotopic (exact) mass is 246 g/mol. The lowest BCUT2D eigenvalue weighted by molar-refractivity contribution is -0.125. The second kappa shape index (κ2) is 6.37. The number of hydrogen-bond acceptors (Lipinski definition) is 4. The van der Waals surface area contributed by atoms with E-state index in [1.54, 1.807) is 24.3 Å². The standard InChI is InChI=1S/C12H14N4O2/c13-6-8-2-1-3-9(4-8)7-16-10(12(15)18)5-11(14)17/h1-4,10,16H,5,7H2,(H2,14,17)(H2,15,18)/t10-/m0/s1. The lowest BCUT2D eigenvalue weighted by atomic mass is 10.1. The maximum atomic E-state index is 11.1. The predicted octanol–water partition coefficient (Wildman–Crippen LogP) is -0.623. The van der Waals surface area contributed by atoms with E-state index in [9.17, 15) is 9.59 Å². The Bertz CT molecular complexity index is 493. The van der Waals surface area contributed by atoms with Gasteiger partial charge in [0.2, 0.25) is 11.8 Å². The number of nitrogens with zero attached hydrogens (tertiary/aromatic N) is 1. The highest BCUT2D eigenvalue weighted by Gasteiger charge is 2.17. The van der Waals surface area contributed by atoms with E-state index in [0.29, 0.717) is 12.1 Å². The fourth-order valence-corrected chi connectivity index (χ4v) is 1.47. The van der Waals surface area contributed by atoms with Crippen molar-refractivity contribution in [3.05, 3.63) is 35.4 Å². The van der Waals surface area contributed by atoms with Crippen LogP contribution in [0, 0.1) is 11.3 Å². The Kier molecular flexibility index (Phi) is 4.84. The molecule has 1 aromatic rings. The van der Waals surface area contributed by atoms with E-state index < -0.39 is 17.9 Å². The van der Waals surface area contributed by atoms with Crippen LogP contribution in [0.2, 0.25) is 0 Å². The Labute approximate surface area is 105 Å². The van der Waals surface area contributed by atoms with Gasteiger partial charge in [-0.1, -0.05) is 12.1 Å². The first-order chi connectivity index (χ1) is 8.52. The van der Waals surface area contributed by atoms with Crippen molar-refractivity contribution in [3.63, 3.8) is 0 Å². The largest absolute Gasteiger partial charge is 0.370 e. The third kappa shape index (κ3) is 4.23. The molecule has 5 N–H and O–H groups in total. The number of primary amides is 2. The summed E-state index contributed by atoms with van der Waals surface area (Å²) in [7, 11) is 0. The normalized spacial score (nSPS) is 11.5. The zero-order valence-corrected chi connectivity index (χ0v) is 9.72. The summed E-state index contributed by atoms with van der Waals surface area (Å²) in [6, 6.07) is 8.13. The molecule has 0 aliphatic rings. The molecular weight excluding hydrogens is 232 g/mol. The Morgan fingerprint density at radius 3 is 2.67 bits per heavy atom. The van der Waals surface area contributed by atoms with Crippen LogP contribution in [0.25, 0.3) is 0 Å². The van der Waals surface area contributed by atoms with E-state index >= 15 is 0 Å². The van der Waals surface area contributed by atoms with Crippen LogP contribution in [0.15, 0.2) is 24.3 Å². The minimum Gasteiger partial charge on any atom is -0.370 e. The Balaban J connectivity index is 2.64. The Morgan fingerprint density at radius 1 is 1.39 bits per heavy atom. The van der Waals surface area contributed by atoms with Gasteiger partial charge in [0.25, 0.3) is 0 Å². The molecule has 0 aliphatic carbocycles. The topological polar surface area (TPSA) is 122 Å². The van der Waals surface area contributed by atoms with Gasteiger partial charge in [0.1, 0.15) is 0 Å². The summed E-state index contributed by atoms with van der Waals surface area (Å²) in [6.45, 7) is 0.330. The molecule has 2 amide bonds. The lowest BCUT2D eigenvalue weighted by Gasteiger charge is -2.13. The molecule has 6 nitrogen and oxygen atoms in total. The first-order valence-corrected chi connectivity index (χ1v) is 5.33. The molecule has 0 unspecified atom stereocenters. The first kappa shape index (κ1) is 13.7. The Hall–Kier alpha value is -2.39. The van der Waals surface area contributed by atoms with E-state index in [2.05, 4.69) is 5.32 Å². The molecule has 0 bridgehead atoms. The number of nitrogens with one attached hydrogen (secondary N) is 1. The van der Waals surface area contributed by atoms with Gasteiger partial charge in [0.05, 0.1) is 24.1 Å². The average Bonchev–Trinajstić information content (AvgIpc) is 2.34. The highest BCUT2D eigenvalue weighted by molar-refractivity contribution is 5.86. The van der Waals surface area contributed by atoms with Crippen molar-refractivity contribution in [1.82, 2.24) is 5.32 Å². The zero-order valence-electron chi connectivity index (χ0n) is 9.72. The molecule has 6 heteroatoms. The molecule has 1 atom stereocenters. The molecule has 0 radical (unpaired) electrons. The van der Waals surface area contributed by atoms with Crippen molar-refractivity contribution < 1.29 is 9.59 Å². The maximum absolute atomic E-state index is 11.1. The van der Waals surface area contributed by atoms with E-state index in [1.807, 2.05) is 6.07 Å². The van der Waals surface area contributed by atoms with Crippen LogP contribution in [-0.2, 0) is 16.1 Å². The van der Waals surface area contributed by atoms with Crippen LogP contribution < -0.4 is 16.8 Å². The smallest absolute Gasteiger partial charge is 0.235 e. The van der Waals surface area contributed by atoms with E-state index in [-0.39, 0.29) is 6.42 Å². The number of amides is 2. The van der Waals surface area contributed by atoms with Crippen LogP contribution in [0.1, 0.15) is 17.5 Å². The van der Waals surface area contributed by atoms with Gasteiger partial charge in [0, 0.05) is 6.54 Å². The molecule has 94 valence electrons. The number of nitrogens with two attached hydrogens (primary N) is 2. The average molecular weight is 246 g/mol. The summed E-state index contributed by atoms with van der Waals surface area (Å²) in [5, 5.41) is 11.6. The SMILES string of the molecule is N#Cc1cccc(CN[C@@H](CC(N)=O)C(N)=O)c1. The number of nitriles is 1. The summed E-state index contributed by atoms with van der Waals surface area (Å²) < 4.78 is 0. The maximum Gasteiger partial charge on any atom is 0.235 e. The zero-order chi connectivity index (χ0) is 13.5. The van der Waals surface area contributed by atoms with Crippen molar-refractivity contribution >= 4 is 11.8 Å². The fraction of sp³-hybridized carbons (Fsp3) is 0.250. The minimum atomic E-state index is -0.798. The van der Waals surface area contributed by atoms with Crippen molar-refractivity contribution in [2.45, 2.75) is 19.0 Å². The Morgan fingerprint density at radius 2 is 2.11 bits per heavy atom. The summed E-state index contributed by atoms with van der Waals surface area (Å²) >= 11 is 0. The quantitative estimate of drug-likeness (QED) is 0.618. The molecule has 0 aromatic heterocycles. The highest BCUT2D eigenvalue weighted by atomic mass is 16.2. The van der Waals surface area contributed by atoms with Crippen LogP contribution in [0.4, 0.5) is 0 Å². The molecule has 1 aromatic carbocycles. The summed E-state index contributed by atoms with van der Waals surface area (Å²) in [6.07, 6.45) is -0.146. The molecule has 0 heterocycles. The molecule has 0 aliphatic heterocycles. The summed E-state index contributed by atoms with van der Waals surface area (Å²) in [4.78, 5) is 21.8. The number of benzene rings is 1. The van der Waals surface area contributed by atoms with Gasteiger partial charge in [-0.15, -0.1) is 0 Å². The van der Waals surface area contributed by atoms with E-state index in [1.165, 1.54) is 0 Å². The highest BCUT2D eigenvalue weighted by Crippen LogP contribution is 2.04. The van der Waals surface area contributed by atoms with Crippen molar-refractivity contribution in [1.29, 1.82) is 5.26 Å². The van der Waals surface area contributed by atoms with Gasteiger partial charge in [-0.3, -0.25) is 9.59 Å². The molecule has 1 rings (SSSR count). The molecule has 0 saturated heterocycles. The van der Waals surface area contributed by atoms with Crippen molar-refractivity contribution in [2.75, 3.05) is 0 Å². The van der Waals surface area contributed by atoms with Gasteiger partial charge in [-0.05, 0) is 17.7 Å². The summed E-state index contributed by atoms with van der Waals surface area (Å²) in [5.41, 5.74) is 11.5. The second-order valence-corrected chi connectivity index (χ2v) is 3.82. The first-order valence-electron chi connectivity index (χ1n) is 5.33.